The minimum atomic E-state index is 0.763. The Morgan fingerprint density at radius 3 is 2.78 bits per heavy atom. The Kier molecular flexibility index (Phi) is 4.54. The van der Waals surface area contributed by atoms with Crippen molar-refractivity contribution in [3.63, 3.8) is 0 Å². The molecule has 3 aromatic rings. The van der Waals surface area contributed by atoms with Gasteiger partial charge in [-0.2, -0.15) is 0 Å². The van der Waals surface area contributed by atoms with Crippen LogP contribution < -0.4 is 5.32 Å². The Bertz CT molecular complexity index is 883. The first kappa shape index (κ1) is 15.1. The third-order valence-electron chi connectivity index (χ3n) is 3.69. The van der Waals surface area contributed by atoms with Crippen molar-refractivity contribution in [2.24, 2.45) is 0 Å². The number of nitrogens with one attached hydrogen (secondary N) is 1. The summed E-state index contributed by atoms with van der Waals surface area (Å²) in [6, 6.07) is 14.3. The molecule has 0 saturated carbocycles. The van der Waals surface area contributed by atoms with E-state index in [0.29, 0.717) is 0 Å². The number of hydrogen-bond acceptors (Lipinski definition) is 3. The van der Waals surface area contributed by atoms with Gasteiger partial charge in [0.2, 0.25) is 0 Å². The molecule has 0 atom stereocenters. The van der Waals surface area contributed by atoms with Gasteiger partial charge in [-0.3, -0.25) is 0 Å². The normalized spacial score (nSPS) is 10.2. The molecular formula is C20H19N3. The topological polar surface area (TPSA) is 37.8 Å². The summed E-state index contributed by atoms with van der Waals surface area (Å²) in [6.07, 6.45) is 2.36. The van der Waals surface area contributed by atoms with Crippen LogP contribution in [0.25, 0.3) is 10.9 Å². The molecule has 0 saturated heterocycles. The van der Waals surface area contributed by atoms with Gasteiger partial charge in [-0.15, -0.1) is 0 Å². The van der Waals surface area contributed by atoms with E-state index in [1.807, 2.05) is 24.3 Å². The number of para-hydroxylation sites is 1. The molecule has 0 amide bonds. The lowest BCUT2D eigenvalue weighted by Crippen LogP contribution is -2.03. The van der Waals surface area contributed by atoms with Gasteiger partial charge in [0.15, 0.2) is 0 Å². The molecule has 3 nitrogen and oxygen atoms in total. The highest BCUT2D eigenvalue weighted by atomic mass is 15.0. The molecule has 0 aliphatic heterocycles. The van der Waals surface area contributed by atoms with E-state index in [9.17, 15) is 0 Å². The number of aromatic nitrogens is 2. The maximum absolute atomic E-state index is 4.32. The van der Waals surface area contributed by atoms with Crippen molar-refractivity contribution in [3.05, 3.63) is 65.5 Å². The molecule has 0 aliphatic rings. The average Bonchev–Trinajstić information content (AvgIpc) is 2.56. The molecule has 1 heterocycles. The molecule has 2 aromatic carbocycles. The third-order valence-corrected chi connectivity index (χ3v) is 3.69. The lowest BCUT2D eigenvalue weighted by atomic mass is 10.1. The van der Waals surface area contributed by atoms with Crippen LogP contribution in [0.1, 0.15) is 23.1 Å². The Morgan fingerprint density at radius 1 is 1.04 bits per heavy atom. The van der Waals surface area contributed by atoms with Crippen LogP contribution in [0.3, 0.4) is 0 Å². The first-order valence-electron chi connectivity index (χ1n) is 7.74. The van der Waals surface area contributed by atoms with Crippen LogP contribution in [0.5, 0.6) is 0 Å². The molecule has 3 rings (SSSR count). The van der Waals surface area contributed by atoms with Gasteiger partial charge in [0.25, 0.3) is 0 Å². The molecule has 0 bridgehead atoms. The fourth-order valence-corrected chi connectivity index (χ4v) is 2.50. The standard InChI is InChI=1S/C20H19N3/c1-15-10-11-17(16(2)13-15)7-5-6-12-21-20-18-8-3-4-9-19(18)22-14-23-20/h3-4,8-11,13-14H,6,12H2,1-2H3,(H,21,22,23). The number of anilines is 1. The van der Waals surface area contributed by atoms with Crippen molar-refractivity contribution in [1.29, 1.82) is 0 Å². The zero-order valence-electron chi connectivity index (χ0n) is 13.4. The molecular weight excluding hydrogens is 282 g/mol. The zero-order valence-corrected chi connectivity index (χ0v) is 13.4. The summed E-state index contributed by atoms with van der Waals surface area (Å²) in [6.45, 7) is 4.96. The van der Waals surface area contributed by atoms with E-state index in [2.05, 4.69) is 59.2 Å². The largest absolute Gasteiger partial charge is 0.368 e. The summed E-state index contributed by atoms with van der Waals surface area (Å²) in [5.74, 6) is 7.33. The van der Waals surface area contributed by atoms with Gasteiger partial charge < -0.3 is 5.32 Å². The highest BCUT2D eigenvalue weighted by Gasteiger charge is 2.01. The molecule has 1 N–H and O–H groups in total. The predicted molar refractivity (Wildman–Crippen MR) is 95.4 cm³/mol. The van der Waals surface area contributed by atoms with E-state index in [4.69, 9.17) is 0 Å². The molecule has 0 spiro atoms. The lowest BCUT2D eigenvalue weighted by Gasteiger charge is -2.06. The quantitative estimate of drug-likeness (QED) is 0.584. The van der Waals surface area contributed by atoms with Crippen molar-refractivity contribution in [3.8, 4) is 11.8 Å². The van der Waals surface area contributed by atoms with Crippen molar-refractivity contribution in [2.45, 2.75) is 20.3 Å². The predicted octanol–water partition coefficient (Wildman–Crippen LogP) is 4.10. The maximum Gasteiger partial charge on any atom is 0.137 e. The Labute approximate surface area is 136 Å². The number of hydrogen-bond donors (Lipinski definition) is 1. The zero-order chi connectivity index (χ0) is 16.1. The van der Waals surface area contributed by atoms with Crippen LogP contribution in [-0.2, 0) is 0 Å². The summed E-state index contributed by atoms with van der Waals surface area (Å²) >= 11 is 0. The summed E-state index contributed by atoms with van der Waals surface area (Å²) < 4.78 is 0. The van der Waals surface area contributed by atoms with Crippen LogP contribution in [0.4, 0.5) is 5.82 Å². The minimum Gasteiger partial charge on any atom is -0.368 e. The van der Waals surface area contributed by atoms with E-state index in [1.54, 1.807) is 6.33 Å². The first-order valence-corrected chi connectivity index (χ1v) is 7.74. The van der Waals surface area contributed by atoms with E-state index in [0.717, 1.165) is 35.2 Å². The Morgan fingerprint density at radius 2 is 1.91 bits per heavy atom. The highest BCUT2D eigenvalue weighted by Crippen LogP contribution is 2.18. The number of rotatable bonds is 3. The smallest absolute Gasteiger partial charge is 0.137 e. The van der Waals surface area contributed by atoms with Gasteiger partial charge in [-0.05, 0) is 37.6 Å². The summed E-state index contributed by atoms with van der Waals surface area (Å²) in [5.41, 5.74) is 4.55. The SMILES string of the molecule is Cc1ccc(C#CCCNc2ncnc3ccccc23)c(C)c1. The van der Waals surface area contributed by atoms with Crippen molar-refractivity contribution in [1.82, 2.24) is 9.97 Å². The third kappa shape index (κ3) is 3.67. The monoisotopic (exact) mass is 301 g/mol. The van der Waals surface area contributed by atoms with E-state index < -0.39 is 0 Å². The van der Waals surface area contributed by atoms with Crippen molar-refractivity contribution >= 4 is 16.7 Å². The second-order valence-electron chi connectivity index (χ2n) is 5.54. The molecule has 23 heavy (non-hydrogen) atoms. The van der Waals surface area contributed by atoms with E-state index in [1.165, 1.54) is 11.1 Å². The fraction of sp³-hybridized carbons (Fsp3) is 0.200. The average molecular weight is 301 g/mol. The molecule has 114 valence electrons. The molecule has 0 fully saturated rings. The number of benzene rings is 2. The second kappa shape index (κ2) is 6.93. The fourth-order valence-electron chi connectivity index (χ4n) is 2.50. The molecule has 3 heteroatoms. The van der Waals surface area contributed by atoms with Crippen molar-refractivity contribution in [2.75, 3.05) is 11.9 Å². The number of aryl methyl sites for hydroxylation is 2. The number of fused-ring (bicyclic) bond motifs is 1. The van der Waals surface area contributed by atoms with Gasteiger partial charge in [0.05, 0.1) is 5.52 Å². The van der Waals surface area contributed by atoms with Crippen LogP contribution in [0.2, 0.25) is 0 Å². The molecule has 0 unspecified atom stereocenters. The molecule has 1 aromatic heterocycles. The second-order valence-corrected chi connectivity index (χ2v) is 5.54. The van der Waals surface area contributed by atoms with Crippen LogP contribution in [0.15, 0.2) is 48.8 Å². The van der Waals surface area contributed by atoms with Crippen LogP contribution in [0, 0.1) is 25.7 Å². The Balaban J connectivity index is 1.63. The molecule has 0 aliphatic carbocycles. The van der Waals surface area contributed by atoms with Gasteiger partial charge in [-0.25, -0.2) is 9.97 Å². The van der Waals surface area contributed by atoms with Crippen LogP contribution in [-0.4, -0.2) is 16.5 Å². The van der Waals surface area contributed by atoms with Gasteiger partial charge >= 0.3 is 0 Å². The Hall–Kier alpha value is -2.86. The summed E-state index contributed by atoms with van der Waals surface area (Å²) in [4.78, 5) is 8.58. The number of nitrogens with zero attached hydrogens (tertiary/aromatic N) is 2. The highest BCUT2D eigenvalue weighted by molar-refractivity contribution is 5.88. The van der Waals surface area contributed by atoms with E-state index >= 15 is 0 Å². The lowest BCUT2D eigenvalue weighted by molar-refractivity contribution is 1.07. The summed E-state index contributed by atoms with van der Waals surface area (Å²) in [5, 5.41) is 4.38. The van der Waals surface area contributed by atoms with Crippen molar-refractivity contribution < 1.29 is 0 Å². The molecule has 0 radical (unpaired) electrons. The van der Waals surface area contributed by atoms with E-state index in [-0.39, 0.29) is 0 Å². The summed E-state index contributed by atoms with van der Waals surface area (Å²) in [7, 11) is 0. The van der Waals surface area contributed by atoms with Crippen LogP contribution >= 0.6 is 0 Å². The van der Waals surface area contributed by atoms with Gasteiger partial charge in [0, 0.05) is 23.9 Å². The van der Waals surface area contributed by atoms with Gasteiger partial charge in [0.1, 0.15) is 12.1 Å². The maximum atomic E-state index is 4.32. The first-order chi connectivity index (χ1) is 11.2. The minimum absolute atomic E-state index is 0.763. The van der Waals surface area contributed by atoms with Gasteiger partial charge in [-0.1, -0.05) is 41.7 Å².